The number of hydrogen-bond acceptors (Lipinski definition) is 7. The molecule has 0 bridgehead atoms. The molecule has 0 spiro atoms. The van der Waals surface area contributed by atoms with Gasteiger partial charge in [0.05, 0.1) is 22.1 Å². The van der Waals surface area contributed by atoms with Crippen LogP contribution in [0.5, 0.6) is 0 Å². The van der Waals surface area contributed by atoms with Crippen molar-refractivity contribution in [3.8, 4) is 0 Å². The summed E-state index contributed by atoms with van der Waals surface area (Å²) in [5, 5.41) is 9.98. The molecule has 0 unspecified atom stereocenters. The van der Waals surface area contributed by atoms with Crippen LogP contribution in [0.4, 0.5) is 5.82 Å². The lowest BCUT2D eigenvalue weighted by Crippen LogP contribution is -2.26. The number of ether oxygens (including phenoxy) is 1. The summed E-state index contributed by atoms with van der Waals surface area (Å²) >= 11 is 6.53. The lowest BCUT2D eigenvalue weighted by atomic mass is 10.2. The molecular formula is C11H14IN5O2S. The highest BCUT2D eigenvalue weighted by molar-refractivity contribution is 14.1. The molecule has 9 heteroatoms. The molecule has 3 N–H and O–H groups in total. The predicted molar refractivity (Wildman–Crippen MR) is 85.8 cm³/mol. The molecule has 1 fully saturated rings. The summed E-state index contributed by atoms with van der Waals surface area (Å²) in [6.45, 7) is 1.87. The number of aliphatic hydroxyl groups excluding tert-OH is 1. The first-order chi connectivity index (χ1) is 9.52. The Hall–Kier alpha value is -0.650. The van der Waals surface area contributed by atoms with Crippen LogP contribution in [0.15, 0.2) is 6.33 Å². The largest absolute Gasteiger partial charge is 0.387 e. The van der Waals surface area contributed by atoms with Crippen LogP contribution in [0, 0.1) is 0 Å². The Labute approximate surface area is 134 Å². The van der Waals surface area contributed by atoms with Gasteiger partial charge < -0.3 is 15.6 Å². The number of aromatic nitrogens is 4. The average molecular weight is 407 g/mol. The van der Waals surface area contributed by atoms with E-state index in [0.717, 1.165) is 0 Å². The van der Waals surface area contributed by atoms with Gasteiger partial charge >= 0.3 is 0 Å². The van der Waals surface area contributed by atoms with E-state index >= 15 is 0 Å². The fourth-order valence-corrected chi connectivity index (χ4v) is 2.85. The minimum absolute atomic E-state index is 0.154. The lowest BCUT2D eigenvalue weighted by Gasteiger charge is -2.16. The Balaban J connectivity index is 2.11. The summed E-state index contributed by atoms with van der Waals surface area (Å²) in [6.07, 6.45) is 0.122. The first kappa shape index (κ1) is 14.3. The van der Waals surface area contributed by atoms with E-state index in [1.165, 1.54) is 0 Å². The summed E-state index contributed by atoms with van der Waals surface area (Å²) in [5.74, 6) is 0.962. The minimum Gasteiger partial charge on any atom is -0.387 e. The molecule has 7 nitrogen and oxygen atoms in total. The van der Waals surface area contributed by atoms with E-state index in [1.54, 1.807) is 10.9 Å². The summed E-state index contributed by atoms with van der Waals surface area (Å²) in [4.78, 5) is 12.8. The molecular weight excluding hydrogens is 393 g/mol. The third-order valence-corrected chi connectivity index (χ3v) is 4.77. The minimum atomic E-state index is -0.732. The van der Waals surface area contributed by atoms with Gasteiger partial charge in [-0.05, 0) is 6.92 Å². The summed E-state index contributed by atoms with van der Waals surface area (Å²) < 4.78 is 8.08. The van der Waals surface area contributed by atoms with E-state index in [1.807, 2.05) is 6.92 Å². The van der Waals surface area contributed by atoms with E-state index in [9.17, 15) is 5.11 Å². The van der Waals surface area contributed by atoms with Gasteiger partial charge in [0.1, 0.15) is 17.4 Å². The molecule has 3 heterocycles. The third-order valence-electron chi connectivity index (χ3n) is 3.37. The zero-order valence-corrected chi connectivity index (χ0v) is 13.7. The van der Waals surface area contributed by atoms with Crippen LogP contribution in [0.1, 0.15) is 19.0 Å². The normalized spacial score (nSPS) is 30.2. The molecule has 2 aromatic rings. The number of nitrogens with zero attached hydrogens (tertiary/aromatic N) is 4. The predicted octanol–water partition coefficient (Wildman–Crippen LogP) is 0.920. The van der Waals surface area contributed by atoms with Crippen molar-refractivity contribution in [1.29, 1.82) is 0 Å². The second-order valence-electron chi connectivity index (χ2n) is 4.70. The van der Waals surface area contributed by atoms with Crippen molar-refractivity contribution in [2.24, 2.45) is 0 Å². The maximum Gasteiger partial charge on any atom is 0.168 e. The van der Waals surface area contributed by atoms with Crippen molar-refractivity contribution in [2.45, 2.75) is 35.0 Å². The molecule has 20 heavy (non-hydrogen) atoms. The fraction of sp³-hybridized carbons (Fsp3) is 0.545. The maximum absolute atomic E-state index is 10.2. The van der Waals surface area contributed by atoms with E-state index in [2.05, 4.69) is 50.2 Å². The van der Waals surface area contributed by atoms with Gasteiger partial charge in [-0.15, -0.1) is 0 Å². The standard InChI is InChI=1S/C11H14IN5O2S/c1-4-8(20)7(18)11(19-4)17-3-14-6-9(13)15-5(2-12)16-10(6)17/h3-4,7-8,11,18,20H,2H2,1H3,(H2,13,15,16)/t4-,7-,8-,11-/m1/s1. The van der Waals surface area contributed by atoms with Gasteiger partial charge in [0.25, 0.3) is 0 Å². The highest BCUT2D eigenvalue weighted by Crippen LogP contribution is 2.34. The number of rotatable bonds is 2. The Morgan fingerprint density at radius 3 is 2.90 bits per heavy atom. The number of aliphatic hydroxyl groups is 1. The molecule has 1 aliphatic heterocycles. The molecule has 2 aromatic heterocycles. The number of anilines is 1. The third kappa shape index (κ3) is 2.16. The molecule has 1 saturated heterocycles. The van der Waals surface area contributed by atoms with E-state index in [0.29, 0.717) is 27.2 Å². The molecule has 1 aliphatic rings. The monoisotopic (exact) mass is 407 g/mol. The number of halogens is 1. The zero-order valence-electron chi connectivity index (χ0n) is 10.6. The van der Waals surface area contributed by atoms with E-state index < -0.39 is 12.3 Å². The van der Waals surface area contributed by atoms with Crippen molar-refractivity contribution in [1.82, 2.24) is 19.5 Å². The van der Waals surface area contributed by atoms with Crippen molar-refractivity contribution >= 4 is 52.2 Å². The van der Waals surface area contributed by atoms with Gasteiger partial charge in [0, 0.05) is 0 Å². The Morgan fingerprint density at radius 1 is 1.55 bits per heavy atom. The topological polar surface area (TPSA) is 99.1 Å². The molecule has 0 saturated carbocycles. The average Bonchev–Trinajstić information content (AvgIpc) is 2.96. The van der Waals surface area contributed by atoms with Crippen LogP contribution >= 0.6 is 35.2 Å². The molecule has 4 atom stereocenters. The second-order valence-corrected chi connectivity index (χ2v) is 6.05. The number of imidazole rings is 1. The first-order valence-corrected chi connectivity index (χ1v) is 8.13. The van der Waals surface area contributed by atoms with Gasteiger partial charge in [-0.3, -0.25) is 4.57 Å². The Bertz CT molecular complexity index is 651. The summed E-state index contributed by atoms with van der Waals surface area (Å²) in [7, 11) is 0. The number of fused-ring (bicyclic) bond motifs is 1. The fourth-order valence-electron chi connectivity index (χ4n) is 2.29. The smallest absolute Gasteiger partial charge is 0.168 e. The van der Waals surface area contributed by atoms with Crippen LogP contribution in [-0.4, -0.2) is 42.1 Å². The van der Waals surface area contributed by atoms with Crippen LogP contribution in [-0.2, 0) is 9.16 Å². The SMILES string of the molecule is C[C@H]1O[C@@H](n2cnc3c(N)nc(CI)nc32)[C@H](O)[C@@H]1S. The van der Waals surface area contributed by atoms with Crippen LogP contribution in [0.3, 0.4) is 0 Å². The van der Waals surface area contributed by atoms with Crippen molar-refractivity contribution in [3.05, 3.63) is 12.2 Å². The molecule has 0 aromatic carbocycles. The van der Waals surface area contributed by atoms with Gasteiger partial charge in [-0.1, -0.05) is 22.6 Å². The number of alkyl halides is 1. The molecule has 0 radical (unpaired) electrons. The van der Waals surface area contributed by atoms with Crippen LogP contribution in [0.2, 0.25) is 0 Å². The van der Waals surface area contributed by atoms with E-state index in [-0.39, 0.29) is 11.4 Å². The highest BCUT2D eigenvalue weighted by Gasteiger charge is 2.41. The van der Waals surface area contributed by atoms with Crippen molar-refractivity contribution in [2.75, 3.05) is 5.73 Å². The number of nitrogen functional groups attached to an aromatic ring is 1. The van der Waals surface area contributed by atoms with Gasteiger partial charge in [0.15, 0.2) is 17.7 Å². The molecule has 0 amide bonds. The van der Waals surface area contributed by atoms with Gasteiger partial charge in [0.2, 0.25) is 0 Å². The van der Waals surface area contributed by atoms with Crippen molar-refractivity contribution < 1.29 is 9.84 Å². The van der Waals surface area contributed by atoms with Crippen molar-refractivity contribution in [3.63, 3.8) is 0 Å². The molecule has 3 rings (SSSR count). The highest BCUT2D eigenvalue weighted by atomic mass is 127. The first-order valence-electron chi connectivity index (χ1n) is 6.09. The quantitative estimate of drug-likeness (QED) is 0.389. The van der Waals surface area contributed by atoms with Gasteiger partial charge in [-0.25, -0.2) is 15.0 Å². The summed E-state index contributed by atoms with van der Waals surface area (Å²) in [5.41, 5.74) is 6.98. The lowest BCUT2D eigenvalue weighted by molar-refractivity contribution is -0.0297. The van der Waals surface area contributed by atoms with Crippen LogP contribution < -0.4 is 5.73 Å². The van der Waals surface area contributed by atoms with Gasteiger partial charge in [-0.2, -0.15) is 12.6 Å². The number of hydrogen-bond donors (Lipinski definition) is 3. The number of thiol groups is 1. The van der Waals surface area contributed by atoms with E-state index in [4.69, 9.17) is 10.5 Å². The Morgan fingerprint density at radius 2 is 2.30 bits per heavy atom. The number of nitrogens with two attached hydrogens (primary N) is 1. The maximum atomic E-state index is 10.2. The molecule has 108 valence electrons. The second kappa shape index (κ2) is 5.28. The van der Waals surface area contributed by atoms with Crippen LogP contribution in [0.25, 0.3) is 11.2 Å². The molecule has 0 aliphatic carbocycles. The Kier molecular flexibility index (Phi) is 3.77. The summed E-state index contributed by atoms with van der Waals surface area (Å²) in [6, 6.07) is 0. The zero-order chi connectivity index (χ0) is 14.4.